The van der Waals surface area contributed by atoms with Crippen LogP contribution in [0.5, 0.6) is 11.5 Å². The van der Waals surface area contributed by atoms with Crippen molar-refractivity contribution in [1.29, 1.82) is 0 Å². The quantitative estimate of drug-likeness (QED) is 0.237. The molecule has 4 aromatic carbocycles. The highest BCUT2D eigenvalue weighted by atomic mass is 35.5. The van der Waals surface area contributed by atoms with Crippen molar-refractivity contribution in [3.05, 3.63) is 130 Å². The Morgan fingerprint density at radius 3 is 1.98 bits per heavy atom. The number of nitrogens with zero attached hydrogens (tertiary/aromatic N) is 1. The summed E-state index contributed by atoms with van der Waals surface area (Å²) >= 11 is 6.12. The van der Waals surface area contributed by atoms with Crippen LogP contribution in [0.15, 0.2) is 103 Å². The second-order valence-electron chi connectivity index (χ2n) is 9.42. The van der Waals surface area contributed by atoms with Crippen LogP contribution in [0, 0.1) is 0 Å². The first-order valence-electron chi connectivity index (χ1n) is 13.1. The maximum absolute atomic E-state index is 14.0. The predicted octanol–water partition coefficient (Wildman–Crippen LogP) is 5.86. The SMILES string of the molecule is COc1ccc(CC(=O)N(Cc2ccc(Cl)cc2)[C@H](Cc2ccccc2)C(=O)NCc2ccccc2)cc1OC. The number of hydrogen-bond acceptors (Lipinski definition) is 4. The van der Waals surface area contributed by atoms with Gasteiger partial charge in [0, 0.05) is 24.5 Å². The van der Waals surface area contributed by atoms with Crippen LogP contribution >= 0.6 is 11.6 Å². The van der Waals surface area contributed by atoms with Gasteiger partial charge in [0.2, 0.25) is 11.8 Å². The molecule has 0 aliphatic carbocycles. The zero-order chi connectivity index (χ0) is 28.3. The average molecular weight is 557 g/mol. The number of halogens is 1. The molecule has 0 saturated heterocycles. The molecule has 206 valence electrons. The molecule has 0 spiro atoms. The lowest BCUT2D eigenvalue weighted by molar-refractivity contribution is -0.140. The lowest BCUT2D eigenvalue weighted by Crippen LogP contribution is -2.50. The van der Waals surface area contributed by atoms with Crippen molar-refractivity contribution in [3.8, 4) is 11.5 Å². The summed E-state index contributed by atoms with van der Waals surface area (Å²) in [4.78, 5) is 29.4. The zero-order valence-corrected chi connectivity index (χ0v) is 23.4. The van der Waals surface area contributed by atoms with Gasteiger partial charge in [-0.3, -0.25) is 9.59 Å². The van der Waals surface area contributed by atoms with E-state index in [4.69, 9.17) is 21.1 Å². The van der Waals surface area contributed by atoms with Gasteiger partial charge in [-0.05, 0) is 46.5 Å². The normalized spacial score (nSPS) is 11.4. The number of amides is 2. The predicted molar refractivity (Wildman–Crippen MR) is 157 cm³/mol. The number of methoxy groups -OCH3 is 2. The van der Waals surface area contributed by atoms with Crippen LogP contribution in [0.1, 0.15) is 22.3 Å². The molecule has 0 aromatic heterocycles. The lowest BCUT2D eigenvalue weighted by atomic mass is 10.0. The van der Waals surface area contributed by atoms with E-state index in [1.165, 1.54) is 0 Å². The van der Waals surface area contributed by atoms with Crippen molar-refractivity contribution < 1.29 is 19.1 Å². The largest absolute Gasteiger partial charge is 0.493 e. The summed E-state index contributed by atoms with van der Waals surface area (Å²) < 4.78 is 10.8. The Balaban J connectivity index is 1.66. The van der Waals surface area contributed by atoms with E-state index in [2.05, 4.69) is 5.32 Å². The molecule has 0 radical (unpaired) electrons. The fourth-order valence-corrected chi connectivity index (χ4v) is 4.64. The van der Waals surface area contributed by atoms with E-state index in [0.717, 1.165) is 22.3 Å². The fraction of sp³-hybridized carbons (Fsp3) is 0.212. The first-order valence-corrected chi connectivity index (χ1v) is 13.4. The van der Waals surface area contributed by atoms with Crippen LogP contribution in [0.3, 0.4) is 0 Å². The Hall–Kier alpha value is -4.29. The third-order valence-electron chi connectivity index (χ3n) is 6.65. The minimum atomic E-state index is -0.741. The van der Waals surface area contributed by atoms with E-state index in [1.54, 1.807) is 43.4 Å². The molecule has 0 bridgehead atoms. The minimum absolute atomic E-state index is 0.0885. The molecule has 2 amide bonds. The maximum atomic E-state index is 14.0. The van der Waals surface area contributed by atoms with Crippen LogP contribution in [-0.2, 0) is 35.5 Å². The number of carbonyl (C=O) groups excluding carboxylic acids is 2. The van der Waals surface area contributed by atoms with E-state index in [1.807, 2.05) is 78.9 Å². The molecule has 4 rings (SSSR count). The molecule has 1 atom stereocenters. The Labute approximate surface area is 240 Å². The fourth-order valence-electron chi connectivity index (χ4n) is 4.51. The molecule has 40 heavy (non-hydrogen) atoms. The molecule has 4 aromatic rings. The molecule has 1 N–H and O–H groups in total. The Morgan fingerprint density at radius 2 is 1.35 bits per heavy atom. The van der Waals surface area contributed by atoms with Gasteiger partial charge in [-0.15, -0.1) is 0 Å². The van der Waals surface area contributed by atoms with Crippen molar-refractivity contribution in [2.45, 2.75) is 32.0 Å². The highest BCUT2D eigenvalue weighted by molar-refractivity contribution is 6.30. The number of hydrogen-bond donors (Lipinski definition) is 1. The van der Waals surface area contributed by atoms with E-state index in [-0.39, 0.29) is 24.8 Å². The Kier molecular flexibility index (Phi) is 10.2. The van der Waals surface area contributed by atoms with Crippen LogP contribution in [0.25, 0.3) is 0 Å². The summed E-state index contributed by atoms with van der Waals surface area (Å²) in [6.45, 7) is 0.614. The van der Waals surface area contributed by atoms with Crippen molar-refractivity contribution in [1.82, 2.24) is 10.2 Å². The van der Waals surface area contributed by atoms with Crippen molar-refractivity contribution in [2.24, 2.45) is 0 Å². The molecular formula is C33H33ClN2O4. The molecule has 0 unspecified atom stereocenters. The summed E-state index contributed by atoms with van der Waals surface area (Å²) in [6.07, 6.45) is 0.456. The summed E-state index contributed by atoms with van der Waals surface area (Å²) in [6, 6.07) is 31.4. The van der Waals surface area contributed by atoms with Crippen LogP contribution < -0.4 is 14.8 Å². The van der Waals surface area contributed by atoms with E-state index in [0.29, 0.717) is 29.5 Å². The van der Waals surface area contributed by atoms with Gasteiger partial charge >= 0.3 is 0 Å². The summed E-state index contributed by atoms with van der Waals surface area (Å²) in [5, 5.41) is 3.66. The monoisotopic (exact) mass is 556 g/mol. The molecule has 6 nitrogen and oxygen atoms in total. The summed E-state index contributed by atoms with van der Waals surface area (Å²) in [7, 11) is 3.13. The molecular weight excluding hydrogens is 524 g/mol. The van der Waals surface area contributed by atoms with Crippen LogP contribution in [0.4, 0.5) is 0 Å². The van der Waals surface area contributed by atoms with Crippen LogP contribution in [0.2, 0.25) is 5.02 Å². The third-order valence-corrected chi connectivity index (χ3v) is 6.90. The lowest BCUT2D eigenvalue weighted by Gasteiger charge is -2.32. The molecule has 7 heteroatoms. The van der Waals surface area contributed by atoms with Crippen molar-refractivity contribution in [2.75, 3.05) is 14.2 Å². The first kappa shape index (κ1) is 28.7. The second kappa shape index (κ2) is 14.2. The number of nitrogens with one attached hydrogen (secondary N) is 1. The van der Waals surface area contributed by atoms with Gasteiger partial charge in [-0.25, -0.2) is 0 Å². The highest BCUT2D eigenvalue weighted by Gasteiger charge is 2.30. The number of rotatable bonds is 12. The standard InChI is InChI=1S/C33H33ClN2O4/c1-39-30-18-15-27(20-31(30)40-2)21-32(37)36(23-26-13-16-28(34)17-14-26)29(19-24-9-5-3-6-10-24)33(38)35-22-25-11-7-4-8-12-25/h3-18,20,29H,19,21-23H2,1-2H3,(H,35,38)/t29-/m1/s1. The first-order chi connectivity index (χ1) is 19.5. The third kappa shape index (κ3) is 7.87. The minimum Gasteiger partial charge on any atom is -0.493 e. The summed E-state index contributed by atoms with van der Waals surface area (Å²) in [5.74, 6) is 0.720. The van der Waals surface area contributed by atoms with Crippen molar-refractivity contribution >= 4 is 23.4 Å². The van der Waals surface area contributed by atoms with Gasteiger partial charge in [-0.1, -0.05) is 90.5 Å². The van der Waals surface area contributed by atoms with Gasteiger partial charge in [-0.2, -0.15) is 0 Å². The second-order valence-corrected chi connectivity index (χ2v) is 9.86. The average Bonchev–Trinajstić information content (AvgIpc) is 2.99. The van der Waals surface area contributed by atoms with Gasteiger partial charge in [0.15, 0.2) is 11.5 Å². The number of benzene rings is 4. The molecule has 0 heterocycles. The van der Waals surface area contributed by atoms with Crippen molar-refractivity contribution in [3.63, 3.8) is 0 Å². The summed E-state index contributed by atoms with van der Waals surface area (Å²) in [5.41, 5.74) is 3.57. The van der Waals surface area contributed by atoms with E-state index < -0.39 is 6.04 Å². The number of ether oxygens (including phenoxy) is 2. The van der Waals surface area contributed by atoms with Gasteiger partial charge in [0.05, 0.1) is 20.6 Å². The highest BCUT2D eigenvalue weighted by Crippen LogP contribution is 2.28. The molecule has 0 aliphatic heterocycles. The molecule has 0 saturated carbocycles. The Bertz CT molecular complexity index is 1400. The maximum Gasteiger partial charge on any atom is 0.243 e. The van der Waals surface area contributed by atoms with Gasteiger partial charge < -0.3 is 19.7 Å². The van der Waals surface area contributed by atoms with Gasteiger partial charge in [0.1, 0.15) is 6.04 Å². The zero-order valence-electron chi connectivity index (χ0n) is 22.7. The smallest absolute Gasteiger partial charge is 0.243 e. The van der Waals surface area contributed by atoms with E-state index in [9.17, 15) is 9.59 Å². The van der Waals surface area contributed by atoms with Gasteiger partial charge in [0.25, 0.3) is 0 Å². The topological polar surface area (TPSA) is 67.9 Å². The Morgan fingerprint density at radius 1 is 0.750 bits per heavy atom. The molecule has 0 fully saturated rings. The number of carbonyl (C=O) groups is 2. The molecule has 0 aliphatic rings. The van der Waals surface area contributed by atoms with E-state index >= 15 is 0 Å². The van der Waals surface area contributed by atoms with Crippen LogP contribution in [-0.4, -0.2) is 37.0 Å².